The van der Waals surface area contributed by atoms with Crippen molar-refractivity contribution in [3.05, 3.63) is 134 Å². The van der Waals surface area contributed by atoms with Crippen molar-refractivity contribution in [2.75, 3.05) is 26.4 Å². The van der Waals surface area contributed by atoms with E-state index in [1.807, 2.05) is 0 Å². The van der Waals surface area contributed by atoms with E-state index < -0.39 is 32.5 Å². The normalized spacial score (nSPS) is 14.0. The van der Waals surface area contributed by atoms with Crippen LogP contribution in [-0.2, 0) is 32.7 Å². The third-order valence-electron chi connectivity index (χ3n) is 12.0. The minimum Gasteiger partial charge on any atom is -0.462 e. The van der Waals surface area contributed by atoms with E-state index in [-0.39, 0.29) is 32.6 Å². The lowest BCUT2D eigenvalue weighted by atomic mass is 10.1. The first-order valence-electron chi connectivity index (χ1n) is 29.7. The van der Waals surface area contributed by atoms with Crippen molar-refractivity contribution in [3.8, 4) is 0 Å². The largest absolute Gasteiger partial charge is 0.472 e. The molecule has 0 bridgehead atoms. The summed E-state index contributed by atoms with van der Waals surface area (Å²) in [7, 11) is -4.40. The van der Waals surface area contributed by atoms with Crippen molar-refractivity contribution in [2.45, 2.75) is 238 Å². The zero-order chi connectivity index (χ0) is 54.5. The number of carbonyl (C=O) groups is 2. The Morgan fingerprint density at radius 2 is 0.733 bits per heavy atom. The van der Waals surface area contributed by atoms with Gasteiger partial charge in [0.1, 0.15) is 6.61 Å². The maximum Gasteiger partial charge on any atom is 0.472 e. The molecule has 0 saturated heterocycles. The van der Waals surface area contributed by atoms with Gasteiger partial charge in [-0.2, -0.15) is 0 Å². The highest BCUT2D eigenvalue weighted by Crippen LogP contribution is 2.43. The van der Waals surface area contributed by atoms with Crippen molar-refractivity contribution in [3.63, 3.8) is 0 Å². The molecule has 0 aliphatic carbocycles. The highest BCUT2D eigenvalue weighted by Gasteiger charge is 2.26. The van der Waals surface area contributed by atoms with Crippen molar-refractivity contribution in [1.82, 2.24) is 0 Å². The van der Waals surface area contributed by atoms with Gasteiger partial charge < -0.3 is 20.1 Å². The Morgan fingerprint density at radius 3 is 1.09 bits per heavy atom. The van der Waals surface area contributed by atoms with Crippen LogP contribution in [-0.4, -0.2) is 49.3 Å². The molecule has 9 nitrogen and oxygen atoms in total. The monoisotopic (exact) mass is 1060 g/mol. The molecule has 2 atom stereocenters. The van der Waals surface area contributed by atoms with E-state index in [1.54, 1.807) is 0 Å². The van der Waals surface area contributed by atoms with Crippen molar-refractivity contribution >= 4 is 19.8 Å². The molecule has 0 rings (SSSR count). The molecule has 0 radical (unpaired) electrons. The Kier molecular flexibility index (Phi) is 56.3. The van der Waals surface area contributed by atoms with Crippen LogP contribution in [0.4, 0.5) is 0 Å². The van der Waals surface area contributed by atoms with E-state index in [0.29, 0.717) is 12.8 Å². The molecule has 3 N–H and O–H groups in total. The molecule has 2 unspecified atom stereocenters. The average molecular weight is 1060 g/mol. The zero-order valence-electron chi connectivity index (χ0n) is 47.5. The second-order valence-corrected chi connectivity index (χ2v) is 20.6. The van der Waals surface area contributed by atoms with E-state index >= 15 is 0 Å². The molecule has 0 aliphatic rings. The fraction of sp³-hybridized carbons (Fsp3) is 0.631. The molecule has 0 aromatic rings. The SMILES string of the molecule is CC/C=C\C/C=C\C/C=C\C/C=C\C/C=C\C/C=C\C/C=C\C/C=C\CCCCCCCCCCC(=O)OC(COC(=O)CCCCCCCC/C=C\C/C=C\C/C=C\CCCCCCC)COP(=O)(O)OCCN. The number of carbonyl (C=O) groups excluding carboxylic acids is 2. The first-order valence-corrected chi connectivity index (χ1v) is 31.2. The van der Waals surface area contributed by atoms with E-state index in [4.69, 9.17) is 24.3 Å². The minimum absolute atomic E-state index is 0.0428. The summed E-state index contributed by atoms with van der Waals surface area (Å²) < 4.78 is 33.0. The van der Waals surface area contributed by atoms with Crippen LogP contribution >= 0.6 is 7.82 Å². The van der Waals surface area contributed by atoms with Gasteiger partial charge in [-0.3, -0.25) is 18.6 Å². The smallest absolute Gasteiger partial charge is 0.462 e. The van der Waals surface area contributed by atoms with Gasteiger partial charge in [0.15, 0.2) is 6.10 Å². The molecule has 0 fully saturated rings. The number of unbranched alkanes of at least 4 members (excludes halogenated alkanes) is 19. The molecule has 0 heterocycles. The minimum atomic E-state index is -4.40. The van der Waals surface area contributed by atoms with Gasteiger partial charge in [0.2, 0.25) is 0 Å². The average Bonchev–Trinajstić information content (AvgIpc) is 3.40. The van der Waals surface area contributed by atoms with Gasteiger partial charge in [0.05, 0.1) is 13.2 Å². The zero-order valence-corrected chi connectivity index (χ0v) is 48.4. The molecule has 0 saturated carbocycles. The highest BCUT2D eigenvalue weighted by molar-refractivity contribution is 7.47. The number of phosphoric ester groups is 1. The molecule has 75 heavy (non-hydrogen) atoms. The summed E-state index contributed by atoms with van der Waals surface area (Å²) >= 11 is 0. The number of hydrogen-bond acceptors (Lipinski definition) is 8. The number of esters is 2. The Morgan fingerprint density at radius 1 is 0.413 bits per heavy atom. The van der Waals surface area contributed by atoms with Crippen LogP contribution in [0.5, 0.6) is 0 Å². The van der Waals surface area contributed by atoms with Gasteiger partial charge in [-0.25, -0.2) is 4.57 Å². The molecule has 0 aliphatic heterocycles. The number of nitrogens with two attached hydrogens (primary N) is 1. The van der Waals surface area contributed by atoms with E-state index in [0.717, 1.165) is 128 Å². The first-order chi connectivity index (χ1) is 36.8. The van der Waals surface area contributed by atoms with Crippen molar-refractivity contribution < 1.29 is 37.6 Å². The maximum absolute atomic E-state index is 12.7. The summed E-state index contributed by atoms with van der Waals surface area (Å²) in [4.78, 5) is 35.2. The molecule has 0 aromatic carbocycles. The molecule has 0 aromatic heterocycles. The van der Waals surface area contributed by atoms with E-state index in [1.165, 1.54) is 64.2 Å². The van der Waals surface area contributed by atoms with Crippen LogP contribution in [0.15, 0.2) is 134 Å². The maximum atomic E-state index is 12.7. The highest BCUT2D eigenvalue weighted by atomic mass is 31.2. The van der Waals surface area contributed by atoms with Crippen molar-refractivity contribution in [1.29, 1.82) is 0 Å². The fourth-order valence-corrected chi connectivity index (χ4v) is 8.42. The Bertz CT molecular complexity index is 1680. The van der Waals surface area contributed by atoms with Gasteiger partial charge in [0, 0.05) is 19.4 Å². The summed E-state index contributed by atoms with van der Waals surface area (Å²) in [6.45, 7) is 3.58. The Labute approximate surface area is 459 Å². The first kappa shape index (κ1) is 71.2. The second-order valence-electron chi connectivity index (χ2n) is 19.1. The Hall–Kier alpha value is -3.85. The predicted octanol–water partition coefficient (Wildman–Crippen LogP) is 19.0. The number of ether oxygens (including phenoxy) is 2. The third-order valence-corrected chi connectivity index (χ3v) is 13.0. The second kappa shape index (κ2) is 59.4. The topological polar surface area (TPSA) is 134 Å². The molecule has 426 valence electrons. The standard InChI is InChI=1S/C65H108NO8P/c1-3-5-7-9-11-13-15-17-19-21-23-25-26-27-28-29-30-31-32-33-34-35-36-38-40-42-44-46-48-50-52-54-56-58-65(68)74-63(62-73-75(69,70)72-60-59-66)61-71-64(67)57-55-53-51-49-47-45-43-41-39-37-24-22-20-18-16-14-12-10-8-6-4-2/h5,7,11,13,16-19,22-25,27-28,30-31,33-34,36,38-39,41,63H,3-4,6,8-10,12,14-15,20-21,26,29,32,35,37,40,42-62,66H2,1-2H3,(H,69,70)/b7-5-,13-11-,18-16-,19-17-,24-22-,25-23-,28-27-,31-30-,34-33-,38-36-,41-39-. The number of allylic oxidation sites excluding steroid dienone is 22. The van der Waals surface area contributed by atoms with Gasteiger partial charge in [0.25, 0.3) is 0 Å². The van der Waals surface area contributed by atoms with Gasteiger partial charge in [-0.05, 0) is 116 Å². The van der Waals surface area contributed by atoms with Crippen LogP contribution in [0.1, 0.15) is 232 Å². The van der Waals surface area contributed by atoms with Crippen molar-refractivity contribution in [2.24, 2.45) is 5.73 Å². The van der Waals surface area contributed by atoms with Crippen LogP contribution in [0, 0.1) is 0 Å². The summed E-state index contributed by atoms with van der Waals surface area (Å²) in [5.41, 5.74) is 5.38. The lowest BCUT2D eigenvalue weighted by Gasteiger charge is -2.19. The summed E-state index contributed by atoms with van der Waals surface area (Å²) in [6.07, 6.45) is 83.5. The van der Waals surface area contributed by atoms with Gasteiger partial charge >= 0.3 is 19.8 Å². The Balaban J connectivity index is 4.06. The van der Waals surface area contributed by atoms with Crippen LogP contribution in [0.2, 0.25) is 0 Å². The molecular formula is C65H108NO8P. The lowest BCUT2D eigenvalue weighted by Crippen LogP contribution is -2.29. The van der Waals surface area contributed by atoms with Crippen LogP contribution in [0.3, 0.4) is 0 Å². The summed E-state index contributed by atoms with van der Waals surface area (Å²) in [5.74, 6) is -0.860. The van der Waals surface area contributed by atoms with E-state index in [9.17, 15) is 19.0 Å². The lowest BCUT2D eigenvalue weighted by molar-refractivity contribution is -0.161. The third kappa shape index (κ3) is 59.3. The van der Waals surface area contributed by atoms with Crippen LogP contribution < -0.4 is 5.73 Å². The number of rotatable bonds is 54. The molecule has 0 amide bonds. The summed E-state index contributed by atoms with van der Waals surface area (Å²) in [6, 6.07) is 0. The predicted molar refractivity (Wildman–Crippen MR) is 320 cm³/mol. The quantitative estimate of drug-likeness (QED) is 0.0264. The van der Waals surface area contributed by atoms with Gasteiger partial charge in [-0.15, -0.1) is 0 Å². The fourth-order valence-electron chi connectivity index (χ4n) is 7.66. The van der Waals surface area contributed by atoms with Crippen LogP contribution in [0.25, 0.3) is 0 Å². The van der Waals surface area contributed by atoms with E-state index in [2.05, 4.69) is 148 Å². The molecule has 10 heteroatoms. The molecule has 0 spiro atoms. The molecular weight excluding hydrogens is 954 g/mol. The number of phosphoric acid groups is 1. The number of hydrogen-bond donors (Lipinski definition) is 2. The van der Waals surface area contributed by atoms with Gasteiger partial charge in [-0.1, -0.05) is 237 Å². The summed E-state index contributed by atoms with van der Waals surface area (Å²) in [5, 5.41) is 0.